The normalized spacial score (nSPS) is 20.0. The van der Waals surface area contributed by atoms with E-state index in [0.29, 0.717) is 12.0 Å². The molecule has 0 amide bonds. The summed E-state index contributed by atoms with van der Waals surface area (Å²) in [6.07, 6.45) is 7.72. The Labute approximate surface area is 94.5 Å². The van der Waals surface area contributed by atoms with Gasteiger partial charge in [-0.2, -0.15) is 0 Å². The van der Waals surface area contributed by atoms with E-state index in [0.717, 1.165) is 36.9 Å². The summed E-state index contributed by atoms with van der Waals surface area (Å²) in [5.41, 5.74) is 2.00. The molecule has 4 heteroatoms. The van der Waals surface area contributed by atoms with Gasteiger partial charge in [0.15, 0.2) is 0 Å². The first-order valence-electron chi connectivity index (χ1n) is 6.21. The second-order valence-electron chi connectivity index (χ2n) is 4.82. The molecule has 0 aliphatic heterocycles. The molecule has 2 N–H and O–H groups in total. The first-order chi connectivity index (χ1) is 7.83. The van der Waals surface area contributed by atoms with E-state index in [2.05, 4.69) is 15.3 Å². The largest absolute Gasteiger partial charge is 0.353 e. The van der Waals surface area contributed by atoms with Crippen molar-refractivity contribution in [1.82, 2.24) is 9.97 Å². The Morgan fingerprint density at radius 1 is 1.19 bits per heavy atom. The fourth-order valence-electron chi connectivity index (χ4n) is 2.27. The minimum atomic E-state index is 0.0649. The minimum Gasteiger partial charge on any atom is -0.353 e. The zero-order valence-corrected chi connectivity index (χ0v) is 9.38. The van der Waals surface area contributed by atoms with Crippen molar-refractivity contribution in [2.45, 2.75) is 51.0 Å². The van der Waals surface area contributed by atoms with Crippen LogP contribution in [-0.2, 0) is 12.8 Å². The summed E-state index contributed by atoms with van der Waals surface area (Å²) < 4.78 is 0. The molecular formula is C12H17N3O. The molecule has 4 nitrogen and oxygen atoms in total. The number of nitrogens with zero attached hydrogens (tertiary/aromatic N) is 1. The van der Waals surface area contributed by atoms with Gasteiger partial charge in [0.25, 0.3) is 5.56 Å². The summed E-state index contributed by atoms with van der Waals surface area (Å²) in [4.78, 5) is 19.3. The van der Waals surface area contributed by atoms with Gasteiger partial charge in [-0.05, 0) is 38.5 Å². The van der Waals surface area contributed by atoms with Crippen molar-refractivity contribution in [3.63, 3.8) is 0 Å². The molecule has 0 atom stereocenters. The predicted molar refractivity (Wildman–Crippen MR) is 62.8 cm³/mol. The van der Waals surface area contributed by atoms with Crippen molar-refractivity contribution in [2.24, 2.45) is 0 Å². The lowest BCUT2D eigenvalue weighted by Crippen LogP contribution is -2.20. The molecule has 0 saturated heterocycles. The van der Waals surface area contributed by atoms with Crippen molar-refractivity contribution in [1.29, 1.82) is 0 Å². The van der Waals surface area contributed by atoms with Gasteiger partial charge in [-0.3, -0.25) is 9.78 Å². The summed E-state index contributed by atoms with van der Waals surface area (Å²) in [7, 11) is 0. The quantitative estimate of drug-likeness (QED) is 0.743. The fourth-order valence-corrected chi connectivity index (χ4v) is 2.27. The van der Waals surface area contributed by atoms with Crippen LogP contribution >= 0.6 is 0 Å². The number of H-pyrrole nitrogens is 1. The van der Waals surface area contributed by atoms with E-state index in [4.69, 9.17) is 0 Å². The SMILES string of the molecule is O=c1[nH]c(NC2CC2)nc2c1CCCCC2. The van der Waals surface area contributed by atoms with Crippen LogP contribution in [0.2, 0.25) is 0 Å². The van der Waals surface area contributed by atoms with Crippen molar-refractivity contribution in [3.05, 3.63) is 21.6 Å². The standard InChI is InChI=1S/C12H17N3O/c16-11-9-4-2-1-3-5-10(9)14-12(15-11)13-8-6-7-8/h8H,1-7H2,(H2,13,14,15,16). The van der Waals surface area contributed by atoms with Crippen LogP contribution in [0.25, 0.3) is 0 Å². The number of anilines is 1. The highest BCUT2D eigenvalue weighted by molar-refractivity contribution is 5.32. The van der Waals surface area contributed by atoms with Gasteiger partial charge in [-0.15, -0.1) is 0 Å². The van der Waals surface area contributed by atoms with Crippen LogP contribution in [0, 0.1) is 0 Å². The molecule has 0 bridgehead atoms. The van der Waals surface area contributed by atoms with Gasteiger partial charge in [-0.25, -0.2) is 4.98 Å². The first-order valence-corrected chi connectivity index (χ1v) is 6.21. The number of nitrogens with one attached hydrogen (secondary N) is 2. The maximum atomic E-state index is 11.9. The number of aromatic amines is 1. The third-order valence-corrected chi connectivity index (χ3v) is 3.36. The predicted octanol–water partition coefficient (Wildman–Crippen LogP) is 1.61. The van der Waals surface area contributed by atoms with Gasteiger partial charge in [0, 0.05) is 11.6 Å². The van der Waals surface area contributed by atoms with Gasteiger partial charge in [0.2, 0.25) is 5.95 Å². The molecule has 0 aromatic carbocycles. The molecule has 1 heterocycles. The van der Waals surface area contributed by atoms with E-state index in [1.165, 1.54) is 19.3 Å². The second kappa shape index (κ2) is 3.92. The molecule has 86 valence electrons. The highest BCUT2D eigenvalue weighted by Gasteiger charge is 2.22. The smallest absolute Gasteiger partial charge is 0.255 e. The Balaban J connectivity index is 1.94. The maximum Gasteiger partial charge on any atom is 0.255 e. The minimum absolute atomic E-state index is 0.0649. The van der Waals surface area contributed by atoms with Crippen molar-refractivity contribution < 1.29 is 0 Å². The van der Waals surface area contributed by atoms with E-state index in [1.807, 2.05) is 0 Å². The molecule has 1 aromatic rings. The lowest BCUT2D eigenvalue weighted by atomic mass is 10.1. The third-order valence-electron chi connectivity index (χ3n) is 3.36. The Morgan fingerprint density at radius 2 is 2.00 bits per heavy atom. The van der Waals surface area contributed by atoms with Crippen LogP contribution in [0.3, 0.4) is 0 Å². The van der Waals surface area contributed by atoms with Gasteiger partial charge >= 0.3 is 0 Å². The summed E-state index contributed by atoms with van der Waals surface area (Å²) in [5, 5.41) is 3.26. The van der Waals surface area contributed by atoms with E-state index in [1.54, 1.807) is 0 Å². The summed E-state index contributed by atoms with van der Waals surface area (Å²) in [5.74, 6) is 0.674. The van der Waals surface area contributed by atoms with Crippen molar-refractivity contribution >= 4 is 5.95 Å². The summed E-state index contributed by atoms with van der Waals surface area (Å²) >= 11 is 0. The van der Waals surface area contributed by atoms with E-state index < -0.39 is 0 Å². The third kappa shape index (κ3) is 1.96. The lowest BCUT2D eigenvalue weighted by molar-refractivity contribution is 0.708. The van der Waals surface area contributed by atoms with Crippen LogP contribution in [-0.4, -0.2) is 16.0 Å². The summed E-state index contributed by atoms with van der Waals surface area (Å²) in [6.45, 7) is 0. The molecule has 0 radical (unpaired) electrons. The molecule has 1 fully saturated rings. The fraction of sp³-hybridized carbons (Fsp3) is 0.667. The lowest BCUT2D eigenvalue weighted by Gasteiger charge is -2.08. The molecule has 3 rings (SSSR count). The maximum absolute atomic E-state index is 11.9. The number of aryl methyl sites for hydroxylation is 1. The molecule has 1 saturated carbocycles. The molecule has 0 unspecified atom stereocenters. The van der Waals surface area contributed by atoms with Crippen LogP contribution < -0.4 is 10.9 Å². The number of hydrogen-bond donors (Lipinski definition) is 2. The van der Waals surface area contributed by atoms with E-state index in [9.17, 15) is 4.79 Å². The number of hydrogen-bond acceptors (Lipinski definition) is 3. The van der Waals surface area contributed by atoms with Crippen LogP contribution in [0.15, 0.2) is 4.79 Å². The topological polar surface area (TPSA) is 57.8 Å². The molecular weight excluding hydrogens is 202 g/mol. The first kappa shape index (κ1) is 9.87. The van der Waals surface area contributed by atoms with Gasteiger partial charge < -0.3 is 5.32 Å². The van der Waals surface area contributed by atoms with Crippen molar-refractivity contribution in [2.75, 3.05) is 5.32 Å². The Bertz CT molecular complexity index is 448. The molecule has 2 aliphatic rings. The Kier molecular flexibility index (Phi) is 2.42. The average molecular weight is 219 g/mol. The zero-order valence-electron chi connectivity index (χ0n) is 9.38. The van der Waals surface area contributed by atoms with E-state index >= 15 is 0 Å². The molecule has 16 heavy (non-hydrogen) atoms. The number of fused-ring (bicyclic) bond motifs is 1. The van der Waals surface area contributed by atoms with Crippen LogP contribution in [0.1, 0.15) is 43.4 Å². The molecule has 0 spiro atoms. The number of rotatable bonds is 2. The van der Waals surface area contributed by atoms with Crippen LogP contribution in [0.5, 0.6) is 0 Å². The average Bonchev–Trinajstić information content (AvgIpc) is 3.04. The Hall–Kier alpha value is -1.32. The summed E-state index contributed by atoms with van der Waals surface area (Å²) in [6, 6.07) is 0.534. The Morgan fingerprint density at radius 3 is 2.81 bits per heavy atom. The van der Waals surface area contributed by atoms with Crippen LogP contribution in [0.4, 0.5) is 5.95 Å². The van der Waals surface area contributed by atoms with Crippen molar-refractivity contribution in [3.8, 4) is 0 Å². The molecule has 2 aliphatic carbocycles. The highest BCUT2D eigenvalue weighted by Crippen LogP contribution is 2.23. The van der Waals surface area contributed by atoms with E-state index in [-0.39, 0.29) is 5.56 Å². The zero-order chi connectivity index (χ0) is 11.0. The second-order valence-corrected chi connectivity index (χ2v) is 4.82. The molecule has 1 aromatic heterocycles. The monoisotopic (exact) mass is 219 g/mol. The van der Waals surface area contributed by atoms with Gasteiger partial charge in [0.05, 0.1) is 5.69 Å². The number of aromatic nitrogens is 2. The highest BCUT2D eigenvalue weighted by atomic mass is 16.1. The van der Waals surface area contributed by atoms with Gasteiger partial charge in [0.1, 0.15) is 0 Å². The van der Waals surface area contributed by atoms with Gasteiger partial charge in [-0.1, -0.05) is 6.42 Å².